The van der Waals surface area contributed by atoms with Gasteiger partial charge in [0, 0.05) is 38.4 Å². The van der Waals surface area contributed by atoms with Crippen LogP contribution in [0.15, 0.2) is 36.5 Å². The quantitative estimate of drug-likeness (QED) is 0.763. The highest BCUT2D eigenvalue weighted by atomic mass is 19.1. The number of piperidine rings is 1. The van der Waals surface area contributed by atoms with Crippen molar-refractivity contribution in [1.82, 2.24) is 15.0 Å². The smallest absolute Gasteiger partial charge is 0.245 e. The molecule has 3 aliphatic rings. The molecule has 2 aromatic rings. The summed E-state index contributed by atoms with van der Waals surface area (Å²) >= 11 is 0. The Bertz CT molecular complexity index is 1010. The monoisotopic (exact) mass is 409 g/mol. The number of hydrazine groups is 1. The number of hydrogen-bond acceptors (Lipinski definition) is 5. The van der Waals surface area contributed by atoms with Gasteiger partial charge in [-0.25, -0.2) is 18.8 Å². The first-order valence-corrected chi connectivity index (χ1v) is 10.1. The summed E-state index contributed by atoms with van der Waals surface area (Å²) in [6.07, 6.45) is 3.63. The van der Waals surface area contributed by atoms with Gasteiger partial charge in [-0.1, -0.05) is 0 Å². The van der Waals surface area contributed by atoms with Crippen molar-refractivity contribution < 1.29 is 13.6 Å². The van der Waals surface area contributed by atoms with Gasteiger partial charge in [0.1, 0.15) is 23.5 Å². The third-order valence-electron chi connectivity index (χ3n) is 6.60. The molecule has 3 saturated heterocycles. The Morgan fingerprint density at radius 3 is 2.47 bits per heavy atom. The minimum atomic E-state index is -0.618. The van der Waals surface area contributed by atoms with Crippen LogP contribution in [0.4, 0.5) is 14.6 Å². The van der Waals surface area contributed by atoms with E-state index in [4.69, 9.17) is 5.26 Å². The number of hydrogen-bond donors (Lipinski definition) is 0. The van der Waals surface area contributed by atoms with Gasteiger partial charge in [0.15, 0.2) is 0 Å². The van der Waals surface area contributed by atoms with Gasteiger partial charge in [0.25, 0.3) is 0 Å². The molecule has 3 aliphatic heterocycles. The molecule has 0 saturated carbocycles. The van der Waals surface area contributed by atoms with Crippen molar-refractivity contribution in [2.24, 2.45) is 5.41 Å². The molecule has 4 heterocycles. The van der Waals surface area contributed by atoms with Gasteiger partial charge in [-0.3, -0.25) is 9.80 Å². The third kappa shape index (κ3) is 3.01. The van der Waals surface area contributed by atoms with Gasteiger partial charge in [-0.2, -0.15) is 5.26 Å². The fraction of sp³-hybridized carbons (Fsp3) is 0.409. The van der Waals surface area contributed by atoms with Crippen molar-refractivity contribution in [3.63, 3.8) is 0 Å². The summed E-state index contributed by atoms with van der Waals surface area (Å²) in [5, 5.41) is 12.7. The molecule has 1 amide bonds. The Hall–Kier alpha value is -3.05. The molecule has 0 aliphatic carbocycles. The minimum absolute atomic E-state index is 0.0575. The SMILES string of the molecule is N#Cc1ccc(N2CCC3(CC2)CN2CC[C@@H](c4cc(F)cc(F)c4)N2C3=O)nc1. The van der Waals surface area contributed by atoms with Gasteiger partial charge in [0.05, 0.1) is 17.0 Å². The van der Waals surface area contributed by atoms with E-state index in [0.717, 1.165) is 11.9 Å². The number of nitriles is 1. The second kappa shape index (κ2) is 7.03. The summed E-state index contributed by atoms with van der Waals surface area (Å²) in [6, 6.07) is 8.85. The van der Waals surface area contributed by atoms with E-state index < -0.39 is 17.0 Å². The summed E-state index contributed by atoms with van der Waals surface area (Å²) in [4.78, 5) is 20.0. The van der Waals surface area contributed by atoms with Crippen LogP contribution in [-0.2, 0) is 4.79 Å². The zero-order chi connectivity index (χ0) is 20.9. The van der Waals surface area contributed by atoms with Crippen molar-refractivity contribution in [3.8, 4) is 6.07 Å². The highest BCUT2D eigenvalue weighted by Gasteiger charge is 2.56. The van der Waals surface area contributed by atoms with Crippen molar-refractivity contribution >= 4 is 11.7 Å². The van der Waals surface area contributed by atoms with Crippen LogP contribution in [0.1, 0.15) is 36.4 Å². The Balaban J connectivity index is 1.33. The average molecular weight is 409 g/mol. The van der Waals surface area contributed by atoms with Crippen LogP contribution < -0.4 is 4.90 Å². The van der Waals surface area contributed by atoms with E-state index in [9.17, 15) is 13.6 Å². The van der Waals surface area contributed by atoms with Crippen LogP contribution in [-0.4, -0.2) is 47.1 Å². The Labute approximate surface area is 173 Å². The number of anilines is 1. The molecule has 30 heavy (non-hydrogen) atoms. The lowest BCUT2D eigenvalue weighted by molar-refractivity contribution is -0.143. The van der Waals surface area contributed by atoms with E-state index in [1.165, 1.54) is 12.1 Å². The normalized spacial score (nSPS) is 23.1. The number of nitrogens with zero attached hydrogens (tertiary/aromatic N) is 5. The minimum Gasteiger partial charge on any atom is -0.357 e. The molecule has 0 unspecified atom stereocenters. The first-order chi connectivity index (χ1) is 14.5. The number of benzene rings is 1. The maximum atomic E-state index is 13.7. The highest BCUT2D eigenvalue weighted by Crippen LogP contribution is 2.47. The largest absolute Gasteiger partial charge is 0.357 e. The summed E-state index contributed by atoms with van der Waals surface area (Å²) < 4.78 is 27.5. The van der Waals surface area contributed by atoms with Crippen LogP contribution in [0, 0.1) is 28.4 Å². The zero-order valence-corrected chi connectivity index (χ0v) is 16.4. The Morgan fingerprint density at radius 1 is 1.10 bits per heavy atom. The summed E-state index contributed by atoms with van der Waals surface area (Å²) in [6.45, 7) is 2.75. The second-order valence-corrected chi connectivity index (χ2v) is 8.33. The van der Waals surface area contributed by atoms with Crippen molar-refractivity contribution in [2.45, 2.75) is 25.3 Å². The van der Waals surface area contributed by atoms with Gasteiger partial charge in [-0.15, -0.1) is 0 Å². The molecule has 1 aromatic carbocycles. The van der Waals surface area contributed by atoms with E-state index in [-0.39, 0.29) is 11.9 Å². The topological polar surface area (TPSA) is 63.5 Å². The number of carbonyl (C=O) groups excluding carboxylic acids is 1. The lowest BCUT2D eigenvalue weighted by atomic mass is 9.77. The number of amides is 1. The van der Waals surface area contributed by atoms with E-state index >= 15 is 0 Å². The van der Waals surface area contributed by atoms with Crippen LogP contribution >= 0.6 is 0 Å². The molecule has 1 atom stereocenters. The van der Waals surface area contributed by atoms with Gasteiger partial charge in [0.2, 0.25) is 5.91 Å². The molecule has 5 rings (SSSR count). The van der Waals surface area contributed by atoms with Crippen LogP contribution in [0.5, 0.6) is 0 Å². The molecule has 8 heteroatoms. The average Bonchev–Trinajstić information content (AvgIpc) is 3.26. The number of fused-ring (bicyclic) bond motifs is 1. The van der Waals surface area contributed by atoms with Crippen LogP contribution in [0.25, 0.3) is 0 Å². The Kier molecular flexibility index (Phi) is 4.44. The highest BCUT2D eigenvalue weighted by molar-refractivity contribution is 5.85. The number of carbonyl (C=O) groups is 1. The van der Waals surface area contributed by atoms with E-state index in [1.807, 2.05) is 11.1 Å². The van der Waals surface area contributed by atoms with Gasteiger partial charge >= 0.3 is 0 Å². The molecule has 1 spiro atoms. The summed E-state index contributed by atoms with van der Waals surface area (Å²) in [5.41, 5.74) is 0.569. The lowest BCUT2D eigenvalue weighted by Crippen LogP contribution is -2.46. The molecule has 154 valence electrons. The predicted molar refractivity (Wildman–Crippen MR) is 105 cm³/mol. The van der Waals surface area contributed by atoms with Crippen LogP contribution in [0.2, 0.25) is 0 Å². The van der Waals surface area contributed by atoms with Crippen molar-refractivity contribution in [3.05, 3.63) is 59.3 Å². The maximum absolute atomic E-state index is 13.7. The molecule has 0 N–H and O–H groups in total. The number of pyridine rings is 1. The molecule has 0 radical (unpaired) electrons. The zero-order valence-electron chi connectivity index (χ0n) is 16.4. The standard InChI is InChI=1S/C22H21F2N5O/c23-17-9-16(10-18(24)11-17)19-3-6-28-14-22(21(30)29(19)28)4-7-27(8-5-22)20-2-1-15(12-25)13-26-20/h1-2,9-11,13,19H,3-8,14H2/t19-/m0/s1. The Morgan fingerprint density at radius 2 is 1.83 bits per heavy atom. The maximum Gasteiger partial charge on any atom is 0.245 e. The van der Waals surface area contributed by atoms with Crippen LogP contribution in [0.3, 0.4) is 0 Å². The number of aromatic nitrogens is 1. The summed E-state index contributed by atoms with van der Waals surface area (Å²) in [7, 11) is 0. The molecular weight excluding hydrogens is 388 g/mol. The fourth-order valence-corrected chi connectivity index (χ4v) is 5.03. The van der Waals surface area contributed by atoms with Gasteiger partial charge in [-0.05, 0) is 49.1 Å². The molecule has 1 aromatic heterocycles. The van der Waals surface area contributed by atoms with Crippen molar-refractivity contribution in [2.75, 3.05) is 31.1 Å². The predicted octanol–water partition coefficient (Wildman–Crippen LogP) is 3.02. The van der Waals surface area contributed by atoms with E-state index in [1.54, 1.807) is 17.3 Å². The summed E-state index contributed by atoms with van der Waals surface area (Å²) in [5.74, 6) is -0.369. The van der Waals surface area contributed by atoms with Crippen molar-refractivity contribution in [1.29, 1.82) is 5.26 Å². The molecule has 3 fully saturated rings. The molecule has 0 bridgehead atoms. The van der Waals surface area contributed by atoms with E-state index in [0.29, 0.717) is 56.6 Å². The first-order valence-electron chi connectivity index (χ1n) is 10.1. The van der Waals surface area contributed by atoms with Gasteiger partial charge < -0.3 is 4.90 Å². The van der Waals surface area contributed by atoms with E-state index in [2.05, 4.69) is 16.0 Å². The molecular formula is C22H21F2N5O. The number of halogens is 2. The number of rotatable bonds is 2. The first kappa shape index (κ1) is 18.9. The fourth-order valence-electron chi connectivity index (χ4n) is 5.03. The second-order valence-electron chi connectivity index (χ2n) is 8.33. The third-order valence-corrected chi connectivity index (χ3v) is 6.60. The lowest BCUT2D eigenvalue weighted by Gasteiger charge is -2.38. The molecule has 6 nitrogen and oxygen atoms in total.